The third-order valence-electron chi connectivity index (χ3n) is 7.95. The van der Waals surface area contributed by atoms with E-state index < -0.39 is 0 Å². The van der Waals surface area contributed by atoms with Crippen molar-refractivity contribution < 1.29 is 38.4 Å². The number of rotatable bonds is 2. The Hall–Kier alpha value is -7.08. The molecule has 12 nitrogen and oxygen atoms in total. The summed E-state index contributed by atoms with van der Waals surface area (Å²) >= 11 is 0. The largest absolute Gasteiger partial charge is 0.277 e. The Balaban J connectivity index is 0.000000364. The van der Waals surface area contributed by atoms with Crippen LogP contribution in [0, 0.1) is 0 Å². The summed E-state index contributed by atoms with van der Waals surface area (Å²) < 4.78 is 0. The van der Waals surface area contributed by atoms with E-state index in [1.807, 2.05) is 64.1 Å². The summed E-state index contributed by atoms with van der Waals surface area (Å²) in [6.45, 7) is 13.5. The number of anilines is 2. The number of nitrogens with zero attached hydrogens (tertiary/aromatic N) is 4. The minimum atomic E-state index is -0.265. The van der Waals surface area contributed by atoms with Gasteiger partial charge in [-0.3, -0.25) is 58.0 Å². The lowest BCUT2D eigenvalue weighted by Gasteiger charge is -2.16. The highest BCUT2D eigenvalue weighted by Crippen LogP contribution is 2.21. The second-order valence-corrected chi connectivity index (χ2v) is 12.2. The number of imide groups is 4. The highest BCUT2D eigenvalue weighted by Gasteiger charge is 2.32. The van der Waals surface area contributed by atoms with Crippen LogP contribution < -0.4 is 9.80 Å². The lowest BCUT2D eigenvalue weighted by Crippen LogP contribution is -2.32. The molecule has 0 spiro atoms. The molecular formula is C46H52N4O8. The van der Waals surface area contributed by atoms with E-state index in [0.717, 1.165) is 19.6 Å². The Labute approximate surface area is 341 Å². The molecule has 8 amide bonds. The Morgan fingerprint density at radius 1 is 0.379 bits per heavy atom. The summed E-state index contributed by atoms with van der Waals surface area (Å²) in [7, 11) is 2.98. The van der Waals surface area contributed by atoms with Gasteiger partial charge < -0.3 is 0 Å². The molecule has 12 heteroatoms. The zero-order chi connectivity index (χ0) is 43.9. The van der Waals surface area contributed by atoms with E-state index in [-0.39, 0.29) is 47.3 Å². The molecular weight excluding hydrogens is 737 g/mol. The van der Waals surface area contributed by atoms with Crippen LogP contribution in [0.2, 0.25) is 0 Å². The second kappa shape index (κ2) is 25.2. The average molecular weight is 789 g/mol. The van der Waals surface area contributed by atoms with Gasteiger partial charge in [-0.15, -0.1) is 0 Å². The van der Waals surface area contributed by atoms with Gasteiger partial charge in [0.15, 0.2) is 0 Å². The quantitative estimate of drug-likeness (QED) is 0.146. The number of benzene rings is 4. The Morgan fingerprint density at radius 3 is 0.741 bits per heavy atom. The maximum atomic E-state index is 11.3. The lowest BCUT2D eigenvalue weighted by atomic mass is 10.1. The SMILES string of the molecule is C/C=C/C.C/C=C/C.CC(=O)N(C(C)=O)c1ccccc1.CC(=O)N(C(C)=O)c1ccccc1.CN1C(=O)c2ccccc2C1=O.CN1C(=O)c2ccccc2C1=O. The number of hydrogen-bond donors (Lipinski definition) is 0. The maximum Gasteiger partial charge on any atom is 0.261 e. The van der Waals surface area contributed by atoms with E-state index in [2.05, 4.69) is 0 Å². The third kappa shape index (κ3) is 14.2. The van der Waals surface area contributed by atoms with Gasteiger partial charge in [0, 0.05) is 41.8 Å². The van der Waals surface area contributed by atoms with Gasteiger partial charge >= 0.3 is 0 Å². The van der Waals surface area contributed by atoms with Crippen LogP contribution in [0.15, 0.2) is 133 Å². The number of amides is 8. The molecule has 0 radical (unpaired) electrons. The molecule has 2 heterocycles. The molecule has 0 atom stereocenters. The topological polar surface area (TPSA) is 150 Å². The van der Waals surface area contributed by atoms with Gasteiger partial charge in [0.05, 0.1) is 33.6 Å². The summed E-state index contributed by atoms with van der Waals surface area (Å²) in [6, 6.07) is 31.4. The standard InChI is InChI=1S/2C10H11NO2.2C9H7NO2.2C4H8/c2*1-8(12)11(9(2)13)10-6-4-3-5-7-10;2*1-10-8(11)6-4-2-3-5-7(6)9(10)12;2*1-3-4-2/h2*3-7H,1-2H3;2*2-5H,1H3;2*3-4H,1-2H3/b;;;;2*4-3+. The number of para-hydroxylation sites is 2. The van der Waals surface area contributed by atoms with E-state index in [0.29, 0.717) is 33.6 Å². The molecule has 6 rings (SSSR count). The monoisotopic (exact) mass is 788 g/mol. The van der Waals surface area contributed by atoms with Crippen LogP contribution in [0.1, 0.15) is 96.8 Å². The third-order valence-corrected chi connectivity index (χ3v) is 7.95. The van der Waals surface area contributed by atoms with Crippen molar-refractivity contribution >= 4 is 58.6 Å². The molecule has 2 aliphatic heterocycles. The van der Waals surface area contributed by atoms with Crippen LogP contribution in [0.4, 0.5) is 11.4 Å². The zero-order valence-corrected chi connectivity index (χ0v) is 34.8. The van der Waals surface area contributed by atoms with Crippen LogP contribution in [0.5, 0.6) is 0 Å². The summed E-state index contributed by atoms with van der Waals surface area (Å²) in [5.41, 5.74) is 3.25. The Bertz CT molecular complexity index is 1850. The number of fused-ring (bicyclic) bond motifs is 2. The van der Waals surface area contributed by atoms with Crippen molar-refractivity contribution in [1.29, 1.82) is 0 Å². The van der Waals surface area contributed by atoms with Gasteiger partial charge in [-0.25, -0.2) is 0 Å². The molecule has 0 saturated carbocycles. The number of hydrogen-bond acceptors (Lipinski definition) is 8. The fourth-order valence-electron chi connectivity index (χ4n) is 4.94. The second-order valence-electron chi connectivity index (χ2n) is 12.2. The first kappa shape index (κ1) is 48.9. The van der Waals surface area contributed by atoms with Crippen molar-refractivity contribution in [2.24, 2.45) is 0 Å². The lowest BCUT2D eigenvalue weighted by molar-refractivity contribution is -0.125. The van der Waals surface area contributed by atoms with Crippen LogP contribution >= 0.6 is 0 Å². The van der Waals surface area contributed by atoms with Crippen LogP contribution in [0.3, 0.4) is 0 Å². The predicted molar refractivity (Wildman–Crippen MR) is 227 cm³/mol. The summed E-state index contributed by atoms with van der Waals surface area (Å²) in [6.07, 6.45) is 8.00. The number of carbonyl (C=O) groups excluding carboxylic acids is 8. The molecule has 0 aliphatic carbocycles. The molecule has 4 aromatic rings. The summed E-state index contributed by atoms with van der Waals surface area (Å²) in [4.78, 5) is 94.1. The highest BCUT2D eigenvalue weighted by molar-refractivity contribution is 6.22. The van der Waals surface area contributed by atoms with Gasteiger partial charge in [-0.2, -0.15) is 0 Å². The normalized spacial score (nSPS) is 11.8. The molecule has 0 unspecified atom stereocenters. The van der Waals surface area contributed by atoms with E-state index in [1.54, 1.807) is 97.1 Å². The minimum absolute atomic E-state index is 0.212. The molecule has 4 aromatic carbocycles. The van der Waals surface area contributed by atoms with Gasteiger partial charge in [0.2, 0.25) is 23.6 Å². The number of allylic oxidation sites excluding steroid dienone is 4. The summed E-state index contributed by atoms with van der Waals surface area (Å²) in [5, 5.41) is 0. The highest BCUT2D eigenvalue weighted by atomic mass is 16.2. The molecule has 0 bridgehead atoms. The van der Waals surface area contributed by atoms with E-state index >= 15 is 0 Å². The fraction of sp³-hybridized carbons (Fsp3) is 0.217. The first-order valence-corrected chi connectivity index (χ1v) is 18.2. The van der Waals surface area contributed by atoms with Crippen molar-refractivity contribution in [3.05, 3.63) is 156 Å². The minimum Gasteiger partial charge on any atom is -0.277 e. The molecule has 2 aliphatic rings. The molecule has 0 aromatic heterocycles. The van der Waals surface area contributed by atoms with E-state index in [1.165, 1.54) is 41.8 Å². The zero-order valence-electron chi connectivity index (χ0n) is 34.8. The average Bonchev–Trinajstić information content (AvgIpc) is 3.57. The van der Waals surface area contributed by atoms with Crippen molar-refractivity contribution in [1.82, 2.24) is 9.80 Å². The van der Waals surface area contributed by atoms with Gasteiger partial charge in [0.25, 0.3) is 23.6 Å². The van der Waals surface area contributed by atoms with Crippen LogP contribution in [-0.2, 0) is 19.2 Å². The maximum absolute atomic E-state index is 11.3. The van der Waals surface area contributed by atoms with Crippen LogP contribution in [-0.4, -0.2) is 71.2 Å². The molecule has 304 valence electrons. The van der Waals surface area contributed by atoms with Crippen molar-refractivity contribution in [3.8, 4) is 0 Å². The molecule has 0 N–H and O–H groups in total. The van der Waals surface area contributed by atoms with Crippen molar-refractivity contribution in [3.63, 3.8) is 0 Å². The van der Waals surface area contributed by atoms with E-state index in [4.69, 9.17) is 0 Å². The smallest absolute Gasteiger partial charge is 0.261 e. The molecule has 58 heavy (non-hydrogen) atoms. The predicted octanol–water partition coefficient (Wildman–Crippen LogP) is 8.16. The molecule has 0 saturated heterocycles. The molecule has 0 fully saturated rings. The van der Waals surface area contributed by atoms with Gasteiger partial charge in [-0.1, -0.05) is 85.0 Å². The van der Waals surface area contributed by atoms with Crippen LogP contribution in [0.25, 0.3) is 0 Å². The fourth-order valence-corrected chi connectivity index (χ4v) is 4.94. The van der Waals surface area contributed by atoms with Gasteiger partial charge in [-0.05, 0) is 76.2 Å². The van der Waals surface area contributed by atoms with Crippen molar-refractivity contribution in [2.75, 3.05) is 23.9 Å². The van der Waals surface area contributed by atoms with E-state index in [9.17, 15) is 38.4 Å². The Kier molecular flexibility index (Phi) is 21.2. The van der Waals surface area contributed by atoms with Crippen molar-refractivity contribution in [2.45, 2.75) is 55.4 Å². The first-order chi connectivity index (χ1) is 27.5. The first-order valence-electron chi connectivity index (χ1n) is 18.2. The van der Waals surface area contributed by atoms with Gasteiger partial charge in [0.1, 0.15) is 0 Å². The summed E-state index contributed by atoms with van der Waals surface area (Å²) in [5.74, 6) is -1.91. The Morgan fingerprint density at radius 2 is 0.569 bits per heavy atom. The number of carbonyl (C=O) groups is 8.